The Morgan fingerprint density at radius 3 is 2.19 bits per heavy atom. The van der Waals surface area contributed by atoms with Gasteiger partial charge in [-0.2, -0.15) is 5.26 Å². The first-order chi connectivity index (χ1) is 9.93. The highest BCUT2D eigenvalue weighted by Gasteiger charge is 2.31. The molecule has 1 aliphatic rings. The number of nitriles is 1. The molecule has 2 rings (SSSR count). The van der Waals surface area contributed by atoms with Crippen LogP contribution in [-0.4, -0.2) is 47.4 Å². The first kappa shape index (κ1) is 15.5. The molecule has 1 heterocycles. The number of piperazine rings is 1. The van der Waals surface area contributed by atoms with E-state index in [0.29, 0.717) is 13.1 Å². The highest BCUT2D eigenvalue weighted by molar-refractivity contribution is 5.86. The second kappa shape index (κ2) is 6.28. The van der Waals surface area contributed by atoms with Gasteiger partial charge in [0.15, 0.2) is 0 Å². The van der Waals surface area contributed by atoms with Crippen molar-refractivity contribution in [2.24, 2.45) is 0 Å². The number of benzene rings is 1. The number of carbonyl (C=O) groups is 1. The van der Waals surface area contributed by atoms with Crippen LogP contribution in [-0.2, 0) is 4.79 Å². The summed E-state index contributed by atoms with van der Waals surface area (Å²) in [4.78, 5) is 16.8. The van der Waals surface area contributed by atoms with Gasteiger partial charge >= 0.3 is 0 Å². The minimum absolute atomic E-state index is 0.0720. The van der Waals surface area contributed by atoms with Crippen molar-refractivity contribution >= 4 is 5.91 Å². The summed E-state index contributed by atoms with van der Waals surface area (Å²) in [5.41, 5.74) is 0.909. The Labute approximate surface area is 127 Å². The molecular weight excluding hydrogens is 262 g/mol. The summed E-state index contributed by atoms with van der Waals surface area (Å²) in [6.07, 6.45) is 0. The molecule has 112 valence electrons. The van der Waals surface area contributed by atoms with E-state index in [-0.39, 0.29) is 11.4 Å². The van der Waals surface area contributed by atoms with Gasteiger partial charge in [-0.3, -0.25) is 9.69 Å². The molecule has 0 bridgehead atoms. The van der Waals surface area contributed by atoms with Crippen molar-refractivity contribution in [3.8, 4) is 6.07 Å². The van der Waals surface area contributed by atoms with Crippen LogP contribution >= 0.6 is 0 Å². The third-order valence-electron chi connectivity index (χ3n) is 4.05. The van der Waals surface area contributed by atoms with E-state index in [2.05, 4.69) is 31.7 Å². The van der Waals surface area contributed by atoms with Crippen molar-refractivity contribution in [3.05, 3.63) is 35.9 Å². The Bertz CT molecular complexity index is 519. The van der Waals surface area contributed by atoms with Gasteiger partial charge < -0.3 is 4.90 Å². The van der Waals surface area contributed by atoms with E-state index in [1.165, 1.54) is 0 Å². The van der Waals surface area contributed by atoms with Gasteiger partial charge in [-0.25, -0.2) is 0 Å². The zero-order valence-electron chi connectivity index (χ0n) is 13.0. The molecule has 1 aromatic carbocycles. The molecule has 1 saturated heterocycles. The van der Waals surface area contributed by atoms with Crippen LogP contribution in [0, 0.1) is 11.3 Å². The quantitative estimate of drug-likeness (QED) is 0.837. The predicted molar refractivity (Wildman–Crippen MR) is 82.7 cm³/mol. The molecule has 4 nitrogen and oxygen atoms in total. The van der Waals surface area contributed by atoms with Gasteiger partial charge in [0.2, 0.25) is 5.91 Å². The van der Waals surface area contributed by atoms with Gasteiger partial charge in [-0.05, 0) is 26.3 Å². The van der Waals surface area contributed by atoms with Crippen LogP contribution in [0.15, 0.2) is 30.3 Å². The number of hydrogen-bond donors (Lipinski definition) is 0. The van der Waals surface area contributed by atoms with E-state index >= 15 is 0 Å². The second-order valence-electron chi connectivity index (χ2n) is 6.46. The summed E-state index contributed by atoms with van der Waals surface area (Å²) in [7, 11) is 0. The molecule has 4 heteroatoms. The van der Waals surface area contributed by atoms with Crippen LogP contribution in [0.4, 0.5) is 0 Å². The number of rotatable bonds is 2. The van der Waals surface area contributed by atoms with E-state index in [1.54, 1.807) is 0 Å². The molecule has 1 atom stereocenters. The Morgan fingerprint density at radius 1 is 1.14 bits per heavy atom. The van der Waals surface area contributed by atoms with E-state index in [9.17, 15) is 10.1 Å². The van der Waals surface area contributed by atoms with Crippen LogP contribution < -0.4 is 0 Å². The first-order valence-corrected chi connectivity index (χ1v) is 7.42. The molecule has 0 aromatic heterocycles. The third-order valence-corrected chi connectivity index (χ3v) is 4.05. The van der Waals surface area contributed by atoms with Crippen LogP contribution in [0.2, 0.25) is 0 Å². The minimum atomic E-state index is -0.688. The Morgan fingerprint density at radius 2 is 1.71 bits per heavy atom. The van der Waals surface area contributed by atoms with Crippen LogP contribution in [0.3, 0.4) is 0 Å². The zero-order valence-corrected chi connectivity index (χ0v) is 13.0. The van der Waals surface area contributed by atoms with Gasteiger partial charge in [0.25, 0.3) is 0 Å². The molecule has 0 saturated carbocycles. The molecule has 1 aliphatic heterocycles. The van der Waals surface area contributed by atoms with Gasteiger partial charge in [0, 0.05) is 31.7 Å². The lowest BCUT2D eigenvalue weighted by atomic mass is 9.98. The molecule has 1 unspecified atom stereocenters. The molecule has 1 aromatic rings. The van der Waals surface area contributed by atoms with Crippen LogP contribution in [0.25, 0.3) is 0 Å². The van der Waals surface area contributed by atoms with E-state index < -0.39 is 5.92 Å². The summed E-state index contributed by atoms with van der Waals surface area (Å²) in [6.45, 7) is 9.68. The third kappa shape index (κ3) is 3.62. The number of nitrogens with zero attached hydrogens (tertiary/aromatic N) is 3. The molecule has 21 heavy (non-hydrogen) atoms. The highest BCUT2D eigenvalue weighted by Crippen LogP contribution is 2.21. The maximum Gasteiger partial charge on any atom is 0.244 e. The fraction of sp³-hybridized carbons (Fsp3) is 0.529. The standard InChI is InChI=1S/C17H23N3O/c1-17(2,3)20-11-9-19(10-12-20)16(21)15(13-18)14-7-5-4-6-8-14/h4-8,15H,9-12H2,1-3H3. The summed E-state index contributed by atoms with van der Waals surface area (Å²) < 4.78 is 0. The molecule has 0 spiro atoms. The average Bonchev–Trinajstić information content (AvgIpc) is 2.48. The second-order valence-corrected chi connectivity index (χ2v) is 6.46. The van der Waals surface area contributed by atoms with Crippen molar-refractivity contribution in [2.45, 2.75) is 32.2 Å². The first-order valence-electron chi connectivity index (χ1n) is 7.42. The van der Waals surface area contributed by atoms with Crippen molar-refractivity contribution < 1.29 is 4.79 Å². The predicted octanol–water partition coefficient (Wildman–Crippen LogP) is 2.24. The Balaban J connectivity index is 2.03. The van der Waals surface area contributed by atoms with Gasteiger partial charge in [0.05, 0.1) is 6.07 Å². The maximum atomic E-state index is 12.6. The fourth-order valence-electron chi connectivity index (χ4n) is 2.70. The van der Waals surface area contributed by atoms with Gasteiger partial charge in [-0.15, -0.1) is 0 Å². The zero-order chi connectivity index (χ0) is 15.5. The van der Waals surface area contributed by atoms with Crippen molar-refractivity contribution in [3.63, 3.8) is 0 Å². The van der Waals surface area contributed by atoms with Crippen molar-refractivity contribution in [1.82, 2.24) is 9.80 Å². The Hall–Kier alpha value is -1.86. The molecule has 1 fully saturated rings. The smallest absolute Gasteiger partial charge is 0.244 e. The summed E-state index contributed by atoms with van der Waals surface area (Å²) >= 11 is 0. The van der Waals surface area contributed by atoms with Gasteiger partial charge in [0.1, 0.15) is 5.92 Å². The summed E-state index contributed by atoms with van der Waals surface area (Å²) in [6, 6.07) is 11.5. The number of hydrogen-bond acceptors (Lipinski definition) is 3. The number of amides is 1. The van der Waals surface area contributed by atoms with E-state index in [4.69, 9.17) is 0 Å². The minimum Gasteiger partial charge on any atom is -0.339 e. The molecular formula is C17H23N3O. The molecule has 0 aliphatic carbocycles. The SMILES string of the molecule is CC(C)(C)N1CCN(C(=O)C(C#N)c2ccccc2)CC1. The van der Waals surface area contributed by atoms with Crippen molar-refractivity contribution in [2.75, 3.05) is 26.2 Å². The highest BCUT2D eigenvalue weighted by atomic mass is 16.2. The van der Waals surface area contributed by atoms with Crippen LogP contribution in [0.1, 0.15) is 32.3 Å². The molecule has 1 amide bonds. The average molecular weight is 285 g/mol. The fourth-order valence-corrected chi connectivity index (χ4v) is 2.70. The largest absolute Gasteiger partial charge is 0.339 e. The normalized spacial score (nSPS) is 18.1. The van der Waals surface area contributed by atoms with Crippen molar-refractivity contribution in [1.29, 1.82) is 5.26 Å². The lowest BCUT2D eigenvalue weighted by Crippen LogP contribution is -2.55. The topological polar surface area (TPSA) is 47.3 Å². The van der Waals surface area contributed by atoms with E-state index in [1.807, 2.05) is 35.2 Å². The lowest BCUT2D eigenvalue weighted by Gasteiger charge is -2.42. The molecule has 0 radical (unpaired) electrons. The van der Waals surface area contributed by atoms with E-state index in [0.717, 1.165) is 18.7 Å². The maximum absolute atomic E-state index is 12.6. The Kier molecular flexibility index (Phi) is 4.64. The number of carbonyl (C=O) groups excluding carboxylic acids is 1. The molecule has 0 N–H and O–H groups in total. The summed E-state index contributed by atoms with van der Waals surface area (Å²) in [5.74, 6) is -0.760. The van der Waals surface area contributed by atoms with Crippen LogP contribution in [0.5, 0.6) is 0 Å². The lowest BCUT2D eigenvalue weighted by molar-refractivity contribution is -0.134. The van der Waals surface area contributed by atoms with Gasteiger partial charge in [-0.1, -0.05) is 30.3 Å². The monoisotopic (exact) mass is 285 g/mol. The summed E-state index contributed by atoms with van der Waals surface area (Å²) in [5, 5.41) is 9.35.